The van der Waals surface area contributed by atoms with Crippen molar-refractivity contribution in [3.63, 3.8) is 0 Å². The van der Waals surface area contributed by atoms with Gasteiger partial charge >= 0.3 is 5.97 Å². The van der Waals surface area contributed by atoms with Gasteiger partial charge in [0.15, 0.2) is 0 Å². The molecule has 76 valence electrons. The molecule has 0 saturated heterocycles. The van der Waals surface area contributed by atoms with E-state index in [0.717, 1.165) is 0 Å². The lowest BCUT2D eigenvalue weighted by Gasteiger charge is -2.04. The predicted molar refractivity (Wildman–Crippen MR) is 52.9 cm³/mol. The van der Waals surface area contributed by atoms with Gasteiger partial charge in [-0.05, 0) is 12.1 Å². The monoisotopic (exact) mass is 223 g/mol. The smallest absolute Gasteiger partial charge is 0.340 e. The van der Waals surface area contributed by atoms with Crippen molar-refractivity contribution < 1.29 is 14.3 Å². The summed E-state index contributed by atoms with van der Waals surface area (Å²) in [5.74, 6) is -0.700. The number of carbonyl (C=O) groups is 2. The number of halogens is 1. The number of carbonyl (C=O) groups excluding carboxylic acids is 2. The minimum atomic E-state index is -0.700. The van der Waals surface area contributed by atoms with Crippen molar-refractivity contribution in [3.05, 3.63) is 33.8 Å². The molecule has 0 aliphatic rings. The molecule has 0 bridgehead atoms. The Morgan fingerprint density at radius 1 is 1.60 bits per heavy atom. The van der Waals surface area contributed by atoms with Crippen LogP contribution in [0.3, 0.4) is 0 Å². The number of benzene rings is 1. The highest BCUT2D eigenvalue weighted by molar-refractivity contribution is 6.34. The van der Waals surface area contributed by atoms with Gasteiger partial charge in [-0.3, -0.25) is 4.79 Å². The third-order valence-electron chi connectivity index (χ3n) is 1.76. The number of esters is 1. The summed E-state index contributed by atoms with van der Waals surface area (Å²) in [6.45, 7) is 0. The molecule has 5 heteroatoms. The molecule has 1 rings (SSSR count). The van der Waals surface area contributed by atoms with Crippen LogP contribution in [0.5, 0.6) is 0 Å². The van der Waals surface area contributed by atoms with Crippen LogP contribution in [0.15, 0.2) is 12.1 Å². The largest absolute Gasteiger partial charge is 0.465 e. The van der Waals surface area contributed by atoms with Crippen LogP contribution >= 0.6 is 11.6 Å². The summed E-state index contributed by atoms with van der Waals surface area (Å²) in [4.78, 5) is 21.8. The lowest BCUT2D eigenvalue weighted by molar-refractivity contribution is 0.0600. The predicted octanol–water partition coefficient (Wildman–Crippen LogP) is 1.81. The lowest BCUT2D eigenvalue weighted by atomic mass is 10.1. The quantitative estimate of drug-likeness (QED) is 0.567. The molecule has 0 aliphatic carbocycles. The average Bonchev–Trinajstić information content (AvgIpc) is 2.26. The number of aldehydes is 1. The van der Waals surface area contributed by atoms with Gasteiger partial charge in [0, 0.05) is 5.56 Å². The van der Waals surface area contributed by atoms with E-state index >= 15 is 0 Å². The number of nitrogens with zero attached hydrogens (tertiary/aromatic N) is 1. The molecule has 0 fully saturated rings. The van der Waals surface area contributed by atoms with E-state index in [9.17, 15) is 9.59 Å². The van der Waals surface area contributed by atoms with Gasteiger partial charge < -0.3 is 4.74 Å². The van der Waals surface area contributed by atoms with Gasteiger partial charge in [-0.15, -0.1) is 0 Å². The molecule has 4 nitrogen and oxygen atoms in total. The van der Waals surface area contributed by atoms with Crippen LogP contribution in [0.1, 0.15) is 26.3 Å². The zero-order valence-electron chi connectivity index (χ0n) is 7.78. The van der Waals surface area contributed by atoms with Crippen LogP contribution < -0.4 is 0 Å². The van der Waals surface area contributed by atoms with Gasteiger partial charge in [0.05, 0.1) is 23.3 Å². The van der Waals surface area contributed by atoms with Crippen molar-refractivity contribution in [2.24, 2.45) is 0 Å². The normalized spacial score (nSPS) is 9.13. The van der Waals surface area contributed by atoms with E-state index in [2.05, 4.69) is 4.74 Å². The van der Waals surface area contributed by atoms with Gasteiger partial charge in [0.2, 0.25) is 0 Å². The Morgan fingerprint density at radius 3 is 2.73 bits per heavy atom. The summed E-state index contributed by atoms with van der Waals surface area (Å²) in [6, 6.07) is 4.37. The Labute approximate surface area is 91.0 Å². The summed E-state index contributed by atoms with van der Waals surface area (Å²) in [6.07, 6.45) is 0.549. The molecule has 1 aromatic carbocycles. The summed E-state index contributed by atoms with van der Waals surface area (Å²) >= 11 is 5.75. The zero-order valence-corrected chi connectivity index (χ0v) is 8.54. The molecule has 0 aliphatic heterocycles. The Hall–Kier alpha value is -1.86. The highest BCUT2D eigenvalue weighted by Crippen LogP contribution is 2.22. The number of ether oxygens (including phenoxy) is 1. The van der Waals surface area contributed by atoms with Crippen molar-refractivity contribution in [2.75, 3.05) is 7.11 Å². The number of hydrogen-bond acceptors (Lipinski definition) is 4. The molecule has 0 radical (unpaired) electrons. The molecule has 1 aromatic rings. The maximum absolute atomic E-state index is 11.3. The first-order valence-corrected chi connectivity index (χ1v) is 4.29. The Bertz CT molecular complexity index is 462. The second-order valence-corrected chi connectivity index (χ2v) is 3.05. The fourth-order valence-electron chi connectivity index (χ4n) is 1.09. The molecule has 0 aromatic heterocycles. The minimum absolute atomic E-state index is 0.0210. The van der Waals surface area contributed by atoms with Crippen LogP contribution in [-0.2, 0) is 4.74 Å². The fraction of sp³-hybridized carbons (Fsp3) is 0.100. The van der Waals surface area contributed by atoms with Crippen LogP contribution in [0.2, 0.25) is 5.02 Å². The maximum atomic E-state index is 11.3. The standard InChI is InChI=1S/C10H6ClNO3/c1-15-10(14)9-7(4-12)2-6(5-13)3-8(9)11/h2-3,5H,1H3. The molecule has 0 N–H and O–H groups in total. The van der Waals surface area contributed by atoms with Gasteiger partial charge in [0.1, 0.15) is 12.4 Å². The topological polar surface area (TPSA) is 67.2 Å². The van der Waals surface area contributed by atoms with E-state index in [0.29, 0.717) is 6.29 Å². The lowest BCUT2D eigenvalue weighted by Crippen LogP contribution is -2.06. The van der Waals surface area contributed by atoms with Gasteiger partial charge in [-0.25, -0.2) is 4.79 Å². The van der Waals surface area contributed by atoms with E-state index in [-0.39, 0.29) is 21.7 Å². The highest BCUT2D eigenvalue weighted by atomic mass is 35.5. The van der Waals surface area contributed by atoms with E-state index in [1.165, 1.54) is 19.2 Å². The molecule has 0 heterocycles. The minimum Gasteiger partial charge on any atom is -0.465 e. The van der Waals surface area contributed by atoms with Crippen molar-refractivity contribution in [3.8, 4) is 6.07 Å². The molecular weight excluding hydrogens is 218 g/mol. The highest BCUT2D eigenvalue weighted by Gasteiger charge is 2.17. The molecule has 0 unspecified atom stereocenters. The summed E-state index contributed by atoms with van der Waals surface area (Å²) < 4.78 is 4.47. The van der Waals surface area contributed by atoms with Crippen LogP contribution in [0, 0.1) is 11.3 Å². The number of methoxy groups -OCH3 is 1. The zero-order chi connectivity index (χ0) is 11.4. The molecule has 0 saturated carbocycles. The summed E-state index contributed by atoms with van der Waals surface area (Å²) in [5, 5.41) is 8.81. The molecule has 0 spiro atoms. The summed E-state index contributed by atoms with van der Waals surface area (Å²) in [5.41, 5.74) is 0.243. The van der Waals surface area contributed by atoms with Crippen LogP contribution in [0.25, 0.3) is 0 Å². The first-order chi connectivity index (χ1) is 7.13. The van der Waals surface area contributed by atoms with E-state index in [1.54, 1.807) is 6.07 Å². The van der Waals surface area contributed by atoms with Gasteiger partial charge in [-0.2, -0.15) is 5.26 Å². The summed E-state index contributed by atoms with van der Waals surface area (Å²) in [7, 11) is 1.19. The van der Waals surface area contributed by atoms with Gasteiger partial charge in [0.25, 0.3) is 0 Å². The van der Waals surface area contributed by atoms with E-state index in [1.807, 2.05) is 0 Å². The Morgan fingerprint density at radius 2 is 2.27 bits per heavy atom. The SMILES string of the molecule is COC(=O)c1c(Cl)cc(C=O)cc1C#N. The third kappa shape index (κ3) is 2.14. The van der Waals surface area contributed by atoms with E-state index in [4.69, 9.17) is 16.9 Å². The molecule has 0 atom stereocenters. The Kier molecular flexibility index (Phi) is 3.42. The molecule has 0 amide bonds. The van der Waals surface area contributed by atoms with Crippen molar-refractivity contribution in [1.82, 2.24) is 0 Å². The van der Waals surface area contributed by atoms with Gasteiger partial charge in [-0.1, -0.05) is 11.6 Å². The number of hydrogen-bond donors (Lipinski definition) is 0. The van der Waals surface area contributed by atoms with Crippen molar-refractivity contribution in [1.29, 1.82) is 5.26 Å². The van der Waals surface area contributed by atoms with Crippen LogP contribution in [-0.4, -0.2) is 19.4 Å². The molecule has 15 heavy (non-hydrogen) atoms. The fourth-order valence-corrected chi connectivity index (χ4v) is 1.40. The second-order valence-electron chi connectivity index (χ2n) is 2.65. The maximum Gasteiger partial charge on any atom is 0.340 e. The first-order valence-electron chi connectivity index (χ1n) is 3.91. The average molecular weight is 224 g/mol. The Balaban J connectivity index is 3.45. The van der Waals surface area contributed by atoms with Crippen molar-refractivity contribution >= 4 is 23.9 Å². The number of rotatable bonds is 2. The van der Waals surface area contributed by atoms with E-state index < -0.39 is 5.97 Å². The van der Waals surface area contributed by atoms with Crippen molar-refractivity contribution in [2.45, 2.75) is 0 Å². The first kappa shape index (κ1) is 11.2. The second kappa shape index (κ2) is 4.58. The number of nitriles is 1. The third-order valence-corrected chi connectivity index (χ3v) is 2.06. The van der Waals surface area contributed by atoms with Crippen LogP contribution in [0.4, 0.5) is 0 Å². The molecular formula is C10H6ClNO3.